The van der Waals surface area contributed by atoms with Crippen LogP contribution in [0.5, 0.6) is 5.75 Å². The largest absolute Gasteiger partial charge is 0.480 e. The number of nitrogens with two attached hydrogens (primary N) is 2. The first-order valence-electron chi connectivity index (χ1n) is 6.04. The lowest BCUT2D eigenvalue weighted by molar-refractivity contribution is -0.193. The summed E-state index contributed by atoms with van der Waals surface area (Å²) in [6.07, 6.45) is 1.41. The van der Waals surface area contributed by atoms with Gasteiger partial charge in [0.05, 0.1) is 5.02 Å². The normalized spacial score (nSPS) is 33.0. The Kier molecular flexibility index (Phi) is 2.56. The summed E-state index contributed by atoms with van der Waals surface area (Å²) < 4.78 is 18.9. The molecule has 0 radical (unpaired) electrons. The van der Waals surface area contributed by atoms with Crippen LogP contribution in [0.4, 0.5) is 4.39 Å². The maximum Gasteiger partial charge on any atom is 0.259 e. The highest BCUT2D eigenvalue weighted by molar-refractivity contribution is 6.30. The van der Waals surface area contributed by atoms with E-state index in [-0.39, 0.29) is 21.7 Å². The first kappa shape index (κ1) is 12.7. The van der Waals surface area contributed by atoms with Gasteiger partial charge in [-0.1, -0.05) is 11.6 Å². The van der Waals surface area contributed by atoms with Crippen molar-refractivity contribution in [1.82, 2.24) is 0 Å². The van der Waals surface area contributed by atoms with Crippen LogP contribution in [0.2, 0.25) is 5.02 Å². The number of rotatable bonds is 4. The van der Waals surface area contributed by atoms with Crippen LogP contribution in [0.1, 0.15) is 19.3 Å². The molecule has 4 N–H and O–H groups in total. The highest BCUT2D eigenvalue weighted by atomic mass is 35.5. The summed E-state index contributed by atoms with van der Waals surface area (Å²) in [5, 5.41) is 0.00871. The third-order valence-corrected chi connectivity index (χ3v) is 4.38. The minimum Gasteiger partial charge on any atom is -0.480 e. The van der Waals surface area contributed by atoms with Crippen molar-refractivity contribution in [2.75, 3.05) is 0 Å². The summed E-state index contributed by atoms with van der Waals surface area (Å²) >= 11 is 5.60. The molecule has 6 heteroatoms. The van der Waals surface area contributed by atoms with Crippen LogP contribution >= 0.6 is 11.6 Å². The van der Waals surface area contributed by atoms with Gasteiger partial charge in [-0.15, -0.1) is 0 Å². The summed E-state index contributed by atoms with van der Waals surface area (Å²) in [5.41, 5.74) is 10.9. The lowest BCUT2D eigenvalue weighted by atomic mass is 9.38. The van der Waals surface area contributed by atoms with E-state index in [1.807, 2.05) is 0 Å². The molecule has 1 unspecified atom stereocenters. The molecule has 4 rings (SSSR count). The Hall–Kier alpha value is -1.33. The fourth-order valence-corrected chi connectivity index (χ4v) is 3.51. The molecular formula is C13H14ClFN2O2. The van der Waals surface area contributed by atoms with Crippen LogP contribution in [0.25, 0.3) is 0 Å². The minimum absolute atomic E-state index is 0.00871. The molecule has 3 fully saturated rings. The van der Waals surface area contributed by atoms with Crippen LogP contribution in [0, 0.1) is 11.2 Å². The number of hydrogen-bond acceptors (Lipinski definition) is 3. The van der Waals surface area contributed by atoms with Crippen molar-refractivity contribution in [2.24, 2.45) is 16.9 Å². The second-order valence-electron chi connectivity index (χ2n) is 5.73. The highest BCUT2D eigenvalue weighted by Crippen LogP contribution is 2.67. The molecule has 0 heterocycles. The lowest BCUT2D eigenvalue weighted by Gasteiger charge is -2.70. The summed E-state index contributed by atoms with van der Waals surface area (Å²) in [6.45, 7) is 0. The molecule has 1 aromatic carbocycles. The molecule has 3 saturated carbocycles. The number of carbonyl (C=O) groups excluding carboxylic acids is 1. The van der Waals surface area contributed by atoms with Crippen LogP contribution in [0.3, 0.4) is 0 Å². The second kappa shape index (κ2) is 3.84. The monoisotopic (exact) mass is 284 g/mol. The highest BCUT2D eigenvalue weighted by Gasteiger charge is 2.71. The predicted molar refractivity (Wildman–Crippen MR) is 68.2 cm³/mol. The molecule has 4 nitrogen and oxygen atoms in total. The van der Waals surface area contributed by atoms with Gasteiger partial charge in [0, 0.05) is 17.0 Å². The van der Waals surface area contributed by atoms with E-state index < -0.39 is 17.8 Å². The number of benzene rings is 1. The number of carbonyl (C=O) groups is 1. The quantitative estimate of drug-likeness (QED) is 0.881. The Morgan fingerprint density at radius 1 is 1.42 bits per heavy atom. The van der Waals surface area contributed by atoms with Gasteiger partial charge in [-0.3, -0.25) is 4.79 Å². The molecule has 0 aromatic heterocycles. The zero-order valence-corrected chi connectivity index (χ0v) is 10.9. The van der Waals surface area contributed by atoms with E-state index in [1.165, 1.54) is 12.1 Å². The Morgan fingerprint density at radius 2 is 2.05 bits per heavy atom. The molecular weight excluding hydrogens is 271 g/mol. The Bertz CT molecular complexity index is 544. The van der Waals surface area contributed by atoms with Crippen LogP contribution in [0.15, 0.2) is 18.2 Å². The number of amides is 1. The third kappa shape index (κ3) is 1.88. The molecule has 102 valence electrons. The molecule has 0 aliphatic heterocycles. The number of halogens is 2. The van der Waals surface area contributed by atoms with Gasteiger partial charge in [0.2, 0.25) is 0 Å². The molecule has 3 aliphatic rings. The van der Waals surface area contributed by atoms with E-state index in [4.69, 9.17) is 27.8 Å². The molecule has 2 bridgehead atoms. The fraction of sp³-hybridized carbons (Fsp3) is 0.462. The van der Waals surface area contributed by atoms with Crippen molar-refractivity contribution >= 4 is 17.5 Å². The van der Waals surface area contributed by atoms with Gasteiger partial charge in [-0.2, -0.15) is 0 Å². The van der Waals surface area contributed by atoms with Crippen molar-refractivity contribution in [3.05, 3.63) is 29.0 Å². The molecule has 0 spiro atoms. The van der Waals surface area contributed by atoms with Gasteiger partial charge in [-0.05, 0) is 31.4 Å². The predicted octanol–water partition coefficient (Wildman–Crippen LogP) is 1.59. The third-order valence-electron chi connectivity index (χ3n) is 4.07. The topological polar surface area (TPSA) is 78.3 Å². The molecule has 1 aromatic rings. The maximum atomic E-state index is 13.3. The lowest BCUT2D eigenvalue weighted by Crippen LogP contribution is -2.77. The number of hydrogen-bond donors (Lipinski definition) is 2. The first-order valence-corrected chi connectivity index (χ1v) is 6.41. The van der Waals surface area contributed by atoms with E-state index >= 15 is 0 Å². The number of ether oxygens (including phenoxy) is 1. The zero-order valence-electron chi connectivity index (χ0n) is 10.2. The summed E-state index contributed by atoms with van der Waals surface area (Å²) in [4.78, 5) is 11.6. The fourth-order valence-electron chi connectivity index (χ4n) is 3.40. The van der Waals surface area contributed by atoms with E-state index in [1.54, 1.807) is 0 Å². The van der Waals surface area contributed by atoms with Gasteiger partial charge < -0.3 is 16.2 Å². The standard InChI is InChI=1S/C13H14ClFN2O2/c14-8-2-1-7(3-9(8)15)19-10(11(16)18)12-4-13(17,5-12)6-12/h1-3,10H,4-6,17H2,(H2,16,18). The van der Waals surface area contributed by atoms with E-state index in [2.05, 4.69) is 0 Å². The van der Waals surface area contributed by atoms with Crippen LogP contribution < -0.4 is 16.2 Å². The number of primary amides is 1. The second-order valence-corrected chi connectivity index (χ2v) is 6.14. The van der Waals surface area contributed by atoms with Crippen LogP contribution in [-0.2, 0) is 4.79 Å². The average Bonchev–Trinajstić information content (AvgIpc) is 2.25. The molecule has 3 aliphatic carbocycles. The van der Waals surface area contributed by atoms with E-state index in [9.17, 15) is 9.18 Å². The van der Waals surface area contributed by atoms with Gasteiger partial charge in [0.1, 0.15) is 11.6 Å². The van der Waals surface area contributed by atoms with Gasteiger partial charge in [0.15, 0.2) is 6.10 Å². The summed E-state index contributed by atoms with van der Waals surface area (Å²) in [5.74, 6) is -0.881. The molecule has 1 atom stereocenters. The Balaban J connectivity index is 1.79. The van der Waals surface area contributed by atoms with E-state index in [0.717, 1.165) is 25.3 Å². The smallest absolute Gasteiger partial charge is 0.259 e. The van der Waals surface area contributed by atoms with Gasteiger partial charge in [0.25, 0.3) is 5.91 Å². The average molecular weight is 285 g/mol. The van der Waals surface area contributed by atoms with Crippen molar-refractivity contribution in [3.8, 4) is 5.75 Å². The Morgan fingerprint density at radius 3 is 2.53 bits per heavy atom. The van der Waals surface area contributed by atoms with Gasteiger partial charge >= 0.3 is 0 Å². The summed E-state index contributed by atoms with van der Waals surface area (Å²) in [6, 6.07) is 4.06. The molecule has 1 amide bonds. The molecule has 0 saturated heterocycles. The zero-order chi connectivity index (χ0) is 13.8. The minimum atomic E-state index is -0.765. The van der Waals surface area contributed by atoms with E-state index in [0.29, 0.717) is 0 Å². The van der Waals surface area contributed by atoms with Crippen LogP contribution in [-0.4, -0.2) is 17.6 Å². The first-order chi connectivity index (χ1) is 8.84. The van der Waals surface area contributed by atoms with Crippen molar-refractivity contribution < 1.29 is 13.9 Å². The Labute approximate surface area is 114 Å². The maximum absolute atomic E-state index is 13.3. The van der Waals surface area contributed by atoms with Gasteiger partial charge in [-0.25, -0.2) is 4.39 Å². The van der Waals surface area contributed by atoms with Crippen molar-refractivity contribution in [2.45, 2.75) is 30.9 Å². The van der Waals surface area contributed by atoms with Crippen molar-refractivity contribution in [1.29, 1.82) is 0 Å². The van der Waals surface area contributed by atoms with Crippen molar-refractivity contribution in [3.63, 3.8) is 0 Å². The molecule has 19 heavy (non-hydrogen) atoms. The summed E-state index contributed by atoms with van der Waals surface area (Å²) in [7, 11) is 0. The SMILES string of the molecule is NC(=O)C(Oc1ccc(Cl)c(F)c1)C12CC(N)(C1)C2.